The van der Waals surface area contributed by atoms with Crippen molar-refractivity contribution >= 4 is 40.3 Å². The van der Waals surface area contributed by atoms with Gasteiger partial charge < -0.3 is 25.4 Å². The fourth-order valence-corrected chi connectivity index (χ4v) is 5.90. The smallest absolute Gasteiger partial charge is 0.253 e. The van der Waals surface area contributed by atoms with Crippen LogP contribution in [0.25, 0.3) is 11.0 Å². The monoisotopic (exact) mass is 589 g/mol. The zero-order valence-electron chi connectivity index (χ0n) is 23.8. The van der Waals surface area contributed by atoms with Crippen LogP contribution in [0.2, 0.25) is 0 Å². The predicted octanol–water partition coefficient (Wildman–Crippen LogP) is 3.98. The largest absolute Gasteiger partial charge is 0.369 e. The zero-order chi connectivity index (χ0) is 30.1. The summed E-state index contributed by atoms with van der Waals surface area (Å²) >= 11 is 0. The van der Waals surface area contributed by atoms with E-state index in [1.807, 2.05) is 17.0 Å². The summed E-state index contributed by atoms with van der Waals surface area (Å²) in [7, 11) is 0. The molecule has 224 valence electrons. The Hall–Kier alpha value is -4.68. The summed E-state index contributed by atoms with van der Waals surface area (Å²) in [6.07, 6.45) is 10.1. The van der Waals surface area contributed by atoms with Gasteiger partial charge in [-0.15, -0.1) is 0 Å². The number of likely N-dealkylation sites (tertiary alicyclic amines) is 1. The summed E-state index contributed by atoms with van der Waals surface area (Å²) in [4.78, 5) is 45.8. The molecular weight excluding hydrogens is 556 g/mol. The molecule has 1 aromatic carbocycles. The Morgan fingerprint density at radius 3 is 2.49 bits per heavy atom. The van der Waals surface area contributed by atoms with Crippen LogP contribution in [-0.4, -0.2) is 67.4 Å². The maximum Gasteiger partial charge on any atom is 0.253 e. The predicted molar refractivity (Wildman–Crippen MR) is 157 cm³/mol. The Bertz CT molecular complexity index is 1650. The number of piperidine rings is 2. The number of hydrogen-bond acceptors (Lipinski definition) is 8. The van der Waals surface area contributed by atoms with Crippen LogP contribution < -0.4 is 16.0 Å². The fourth-order valence-electron chi connectivity index (χ4n) is 5.90. The van der Waals surface area contributed by atoms with Crippen molar-refractivity contribution in [2.75, 3.05) is 36.4 Å². The van der Waals surface area contributed by atoms with E-state index in [0.29, 0.717) is 44.1 Å². The Morgan fingerprint density at radius 2 is 1.79 bits per heavy atom. The molecular formula is C30H33F2N9O2. The lowest BCUT2D eigenvalue weighted by molar-refractivity contribution is -0.123. The van der Waals surface area contributed by atoms with Crippen molar-refractivity contribution < 1.29 is 18.4 Å². The summed E-state index contributed by atoms with van der Waals surface area (Å²) in [5.41, 5.74) is 7.11. The average Bonchev–Trinajstić information content (AvgIpc) is 3.38. The first kappa shape index (κ1) is 28.4. The van der Waals surface area contributed by atoms with Gasteiger partial charge in [0.25, 0.3) is 5.91 Å². The van der Waals surface area contributed by atoms with Crippen LogP contribution in [0.15, 0.2) is 43.1 Å². The maximum atomic E-state index is 15.4. The molecule has 2 amide bonds. The highest BCUT2D eigenvalue weighted by Gasteiger charge is 2.29. The number of aromatic nitrogens is 5. The molecule has 4 aromatic rings. The van der Waals surface area contributed by atoms with E-state index in [1.54, 1.807) is 0 Å². The van der Waals surface area contributed by atoms with Gasteiger partial charge in [-0.2, -0.15) is 0 Å². The van der Waals surface area contributed by atoms with Crippen LogP contribution in [0, 0.1) is 17.6 Å². The minimum absolute atomic E-state index is 0.00639. The van der Waals surface area contributed by atoms with Crippen LogP contribution in [0.1, 0.15) is 54.6 Å². The van der Waals surface area contributed by atoms with E-state index in [0.717, 1.165) is 30.9 Å². The SMILES string of the molecule is CCc1cnc(N2CCC(n3cc(F)c4c(Nc5ccc(C(=O)N6CCC[C@H](C(N)=O)C6)cc5F)ncnc43)CC2)nc1. The van der Waals surface area contributed by atoms with E-state index in [2.05, 4.69) is 37.1 Å². The van der Waals surface area contributed by atoms with Gasteiger partial charge in [-0.3, -0.25) is 9.59 Å². The first-order valence-corrected chi connectivity index (χ1v) is 14.5. The number of rotatable bonds is 7. The Kier molecular flexibility index (Phi) is 7.87. The summed E-state index contributed by atoms with van der Waals surface area (Å²) in [6, 6.07) is 4.05. The van der Waals surface area contributed by atoms with Crippen LogP contribution in [0.3, 0.4) is 0 Å². The molecule has 2 aliphatic heterocycles. The summed E-state index contributed by atoms with van der Waals surface area (Å²) in [6.45, 7) is 4.17. The van der Waals surface area contributed by atoms with Gasteiger partial charge in [0.05, 0.1) is 17.0 Å². The highest BCUT2D eigenvalue weighted by molar-refractivity contribution is 5.95. The van der Waals surface area contributed by atoms with Gasteiger partial charge in [0.2, 0.25) is 11.9 Å². The Morgan fingerprint density at radius 1 is 1.02 bits per heavy atom. The molecule has 0 saturated carbocycles. The van der Waals surface area contributed by atoms with E-state index in [9.17, 15) is 9.59 Å². The number of nitrogens with two attached hydrogens (primary N) is 1. The molecule has 3 N–H and O–H groups in total. The average molecular weight is 590 g/mol. The molecule has 11 nitrogen and oxygen atoms in total. The number of benzene rings is 1. The molecule has 43 heavy (non-hydrogen) atoms. The minimum Gasteiger partial charge on any atom is -0.369 e. The van der Waals surface area contributed by atoms with Crippen LogP contribution in [0.4, 0.5) is 26.2 Å². The number of fused-ring (bicyclic) bond motifs is 1. The Labute approximate surface area is 247 Å². The van der Waals surface area contributed by atoms with Crippen LogP contribution in [-0.2, 0) is 11.2 Å². The highest BCUT2D eigenvalue weighted by Crippen LogP contribution is 2.33. The summed E-state index contributed by atoms with van der Waals surface area (Å²) in [5.74, 6) is -1.62. The molecule has 0 radical (unpaired) electrons. The van der Waals surface area contributed by atoms with Crippen molar-refractivity contribution in [1.82, 2.24) is 29.4 Å². The molecule has 0 unspecified atom stereocenters. The van der Waals surface area contributed by atoms with Crippen molar-refractivity contribution in [2.45, 2.75) is 45.1 Å². The molecule has 6 rings (SSSR count). The number of hydrogen-bond donors (Lipinski definition) is 2. The van der Waals surface area contributed by atoms with Crippen molar-refractivity contribution in [2.24, 2.45) is 11.7 Å². The number of primary amides is 1. The normalized spacial score (nSPS) is 17.8. The molecule has 0 bridgehead atoms. The molecule has 13 heteroatoms. The van der Waals surface area contributed by atoms with Gasteiger partial charge in [0, 0.05) is 56.4 Å². The molecule has 5 heterocycles. The van der Waals surface area contributed by atoms with E-state index in [-0.39, 0.29) is 40.9 Å². The second-order valence-electron chi connectivity index (χ2n) is 11.1. The van der Waals surface area contributed by atoms with Crippen molar-refractivity contribution in [3.8, 4) is 0 Å². The number of anilines is 3. The number of nitrogens with one attached hydrogen (secondary N) is 1. The number of nitrogens with zero attached hydrogens (tertiary/aromatic N) is 7. The summed E-state index contributed by atoms with van der Waals surface area (Å²) < 4.78 is 32.4. The first-order valence-electron chi connectivity index (χ1n) is 14.5. The lowest BCUT2D eigenvalue weighted by Gasteiger charge is -2.32. The topological polar surface area (TPSA) is 135 Å². The van der Waals surface area contributed by atoms with Gasteiger partial charge in [0.15, 0.2) is 5.82 Å². The highest BCUT2D eigenvalue weighted by atomic mass is 19.1. The quantitative estimate of drug-likeness (QED) is 0.331. The van der Waals surface area contributed by atoms with Gasteiger partial charge in [-0.05, 0) is 55.9 Å². The maximum absolute atomic E-state index is 15.4. The number of amides is 2. The summed E-state index contributed by atoms with van der Waals surface area (Å²) in [5, 5.41) is 3.05. The number of carbonyl (C=O) groups is 2. The molecule has 0 spiro atoms. The second-order valence-corrected chi connectivity index (χ2v) is 11.1. The number of halogens is 2. The van der Waals surface area contributed by atoms with E-state index in [1.165, 1.54) is 29.6 Å². The van der Waals surface area contributed by atoms with Crippen molar-refractivity contribution in [3.63, 3.8) is 0 Å². The molecule has 1 atom stereocenters. The Balaban J connectivity index is 1.17. The van der Waals surface area contributed by atoms with Crippen LogP contribution >= 0.6 is 0 Å². The molecule has 2 fully saturated rings. The fraction of sp³-hybridized carbons (Fsp3) is 0.400. The third-order valence-corrected chi connectivity index (χ3v) is 8.38. The van der Waals surface area contributed by atoms with Gasteiger partial charge in [0.1, 0.15) is 23.6 Å². The van der Waals surface area contributed by atoms with Gasteiger partial charge >= 0.3 is 0 Å². The van der Waals surface area contributed by atoms with Crippen molar-refractivity contribution in [1.29, 1.82) is 0 Å². The molecule has 0 aliphatic carbocycles. The van der Waals surface area contributed by atoms with E-state index >= 15 is 8.78 Å². The third kappa shape index (κ3) is 5.71. The number of aryl methyl sites for hydroxylation is 1. The second kappa shape index (κ2) is 11.9. The van der Waals surface area contributed by atoms with E-state index in [4.69, 9.17) is 5.73 Å². The lowest BCUT2D eigenvalue weighted by atomic mass is 9.97. The first-order chi connectivity index (χ1) is 20.8. The number of carbonyl (C=O) groups excluding carboxylic acids is 2. The van der Waals surface area contributed by atoms with Gasteiger partial charge in [-0.1, -0.05) is 6.92 Å². The molecule has 3 aromatic heterocycles. The molecule has 2 saturated heterocycles. The van der Waals surface area contributed by atoms with Gasteiger partial charge in [-0.25, -0.2) is 28.7 Å². The minimum atomic E-state index is -0.692. The standard InChI is InChI=1S/C30H33F2N9O2/c1-2-18-13-34-30(35-14-18)39-10-7-21(8-11-39)41-16-23(32)25-27(36-17-37-28(25)41)38-24-6-5-19(12-22(24)31)29(43)40-9-3-4-20(15-40)26(33)42/h5-6,12-14,16-17,20-21H,2-4,7-11,15H2,1H3,(H2,33,42)(H,36,37,38)/t20-/m0/s1. The molecule has 2 aliphatic rings. The van der Waals surface area contributed by atoms with E-state index < -0.39 is 23.5 Å². The lowest BCUT2D eigenvalue weighted by Crippen LogP contribution is -2.44. The third-order valence-electron chi connectivity index (χ3n) is 8.38. The van der Waals surface area contributed by atoms with Crippen molar-refractivity contribution in [3.05, 3.63) is 65.9 Å². The van der Waals surface area contributed by atoms with Crippen LogP contribution in [0.5, 0.6) is 0 Å². The zero-order valence-corrected chi connectivity index (χ0v) is 23.8.